The van der Waals surface area contributed by atoms with Gasteiger partial charge in [-0.2, -0.15) is 9.67 Å². The molecule has 3 aromatic rings. The van der Waals surface area contributed by atoms with E-state index < -0.39 is 0 Å². The van der Waals surface area contributed by atoms with E-state index in [0.717, 1.165) is 5.56 Å². The van der Waals surface area contributed by atoms with Crippen molar-refractivity contribution in [2.45, 2.75) is 26.4 Å². The molecule has 0 saturated heterocycles. The zero-order valence-corrected chi connectivity index (χ0v) is 17.7. The predicted molar refractivity (Wildman–Crippen MR) is 112 cm³/mol. The molecule has 0 aliphatic rings. The van der Waals surface area contributed by atoms with Crippen molar-refractivity contribution >= 4 is 5.91 Å². The van der Waals surface area contributed by atoms with Gasteiger partial charge in [0.25, 0.3) is 5.91 Å². The second kappa shape index (κ2) is 9.30. The number of methoxy groups -OCH3 is 3. The van der Waals surface area contributed by atoms with E-state index in [0.29, 0.717) is 28.6 Å². The fourth-order valence-corrected chi connectivity index (χ4v) is 2.97. The predicted octanol–water partition coefficient (Wildman–Crippen LogP) is 3.64. The van der Waals surface area contributed by atoms with Gasteiger partial charge in [0.05, 0.1) is 33.9 Å². The lowest BCUT2D eigenvalue weighted by atomic mass is 10.1. The average molecular weight is 411 g/mol. The Kier molecular flexibility index (Phi) is 6.56. The number of nitrogens with zero attached hydrogens (tertiary/aromatic N) is 3. The van der Waals surface area contributed by atoms with Gasteiger partial charge in [-0.3, -0.25) is 4.79 Å². The Labute approximate surface area is 175 Å². The molecule has 0 aliphatic heterocycles. The van der Waals surface area contributed by atoms with Crippen molar-refractivity contribution < 1.29 is 23.7 Å². The van der Waals surface area contributed by atoms with Crippen LogP contribution in [0.2, 0.25) is 0 Å². The molecule has 8 heteroatoms. The molecule has 30 heavy (non-hydrogen) atoms. The largest absolute Gasteiger partial charge is 0.493 e. The molecule has 1 aromatic heterocycles. The minimum Gasteiger partial charge on any atom is -0.493 e. The summed E-state index contributed by atoms with van der Waals surface area (Å²) in [5.41, 5.74) is 1.46. The molecule has 0 atom stereocenters. The third-order valence-corrected chi connectivity index (χ3v) is 4.29. The first kappa shape index (κ1) is 21.2. The van der Waals surface area contributed by atoms with Gasteiger partial charge in [-0.1, -0.05) is 30.3 Å². The van der Waals surface area contributed by atoms with Crippen LogP contribution in [0.25, 0.3) is 11.4 Å². The standard InChI is InChI=1S/C22H25N3O5/c1-14(2)30-22-23-21(16-12-17(27-3)20(29-5)18(13-16)28-4)25(24-22)19(26)11-15-9-7-6-8-10-15/h6-10,12-14H,11H2,1-5H3. The Morgan fingerprint density at radius 1 is 1.00 bits per heavy atom. The van der Waals surface area contributed by atoms with E-state index in [9.17, 15) is 4.79 Å². The number of benzene rings is 2. The summed E-state index contributed by atoms with van der Waals surface area (Å²) in [6.45, 7) is 3.73. The van der Waals surface area contributed by atoms with Crippen LogP contribution in [0.5, 0.6) is 23.3 Å². The van der Waals surface area contributed by atoms with Crippen molar-refractivity contribution in [1.29, 1.82) is 0 Å². The summed E-state index contributed by atoms with van der Waals surface area (Å²) in [5, 5.41) is 4.30. The van der Waals surface area contributed by atoms with Crippen LogP contribution in [0, 0.1) is 0 Å². The average Bonchev–Trinajstić information content (AvgIpc) is 3.16. The van der Waals surface area contributed by atoms with E-state index >= 15 is 0 Å². The molecule has 0 fully saturated rings. The van der Waals surface area contributed by atoms with E-state index in [1.807, 2.05) is 44.2 Å². The first-order valence-corrected chi connectivity index (χ1v) is 9.48. The van der Waals surface area contributed by atoms with E-state index in [-0.39, 0.29) is 24.4 Å². The smallest absolute Gasteiger partial charge is 0.336 e. The minimum absolute atomic E-state index is 0.121. The highest BCUT2D eigenvalue weighted by Crippen LogP contribution is 2.41. The molecule has 0 saturated carbocycles. The fraction of sp³-hybridized carbons (Fsp3) is 0.318. The molecule has 3 rings (SSSR count). The molecule has 0 amide bonds. The lowest BCUT2D eigenvalue weighted by molar-refractivity contribution is 0.0896. The quantitative estimate of drug-likeness (QED) is 0.559. The summed E-state index contributed by atoms with van der Waals surface area (Å²) in [5.74, 6) is 1.43. The third-order valence-electron chi connectivity index (χ3n) is 4.29. The number of hydrogen-bond acceptors (Lipinski definition) is 7. The van der Waals surface area contributed by atoms with Gasteiger partial charge in [0.15, 0.2) is 17.3 Å². The Morgan fingerprint density at radius 2 is 1.63 bits per heavy atom. The maximum absolute atomic E-state index is 13.1. The third kappa shape index (κ3) is 4.53. The van der Waals surface area contributed by atoms with Crippen molar-refractivity contribution in [3.63, 3.8) is 0 Å². The number of rotatable bonds is 8. The minimum atomic E-state index is -0.240. The maximum Gasteiger partial charge on any atom is 0.336 e. The Balaban J connectivity index is 2.09. The fourth-order valence-electron chi connectivity index (χ4n) is 2.97. The first-order valence-electron chi connectivity index (χ1n) is 9.48. The maximum atomic E-state index is 13.1. The van der Waals surface area contributed by atoms with Gasteiger partial charge in [-0.15, -0.1) is 5.10 Å². The van der Waals surface area contributed by atoms with Crippen LogP contribution in [-0.2, 0) is 6.42 Å². The number of ether oxygens (including phenoxy) is 4. The number of hydrogen-bond donors (Lipinski definition) is 0. The highest BCUT2D eigenvalue weighted by Gasteiger charge is 2.23. The molecule has 0 spiro atoms. The van der Waals surface area contributed by atoms with Gasteiger partial charge in [0, 0.05) is 5.56 Å². The van der Waals surface area contributed by atoms with Gasteiger partial charge in [0.1, 0.15) is 0 Å². The van der Waals surface area contributed by atoms with Crippen LogP contribution in [0.3, 0.4) is 0 Å². The van der Waals surface area contributed by atoms with Crippen molar-refractivity contribution in [1.82, 2.24) is 14.8 Å². The van der Waals surface area contributed by atoms with Crippen molar-refractivity contribution in [2.24, 2.45) is 0 Å². The van der Waals surface area contributed by atoms with Crippen LogP contribution >= 0.6 is 0 Å². The van der Waals surface area contributed by atoms with Crippen LogP contribution in [0.1, 0.15) is 24.2 Å². The number of aromatic nitrogens is 3. The first-order chi connectivity index (χ1) is 14.5. The van der Waals surface area contributed by atoms with E-state index in [1.165, 1.54) is 26.0 Å². The molecule has 0 radical (unpaired) electrons. The van der Waals surface area contributed by atoms with E-state index in [1.54, 1.807) is 12.1 Å². The van der Waals surface area contributed by atoms with Gasteiger partial charge in [0.2, 0.25) is 5.75 Å². The molecule has 2 aromatic carbocycles. The van der Waals surface area contributed by atoms with Crippen LogP contribution < -0.4 is 18.9 Å². The molecule has 1 heterocycles. The molecule has 0 aliphatic carbocycles. The highest BCUT2D eigenvalue weighted by atomic mass is 16.5. The molecule has 0 bridgehead atoms. The summed E-state index contributed by atoms with van der Waals surface area (Å²) in [4.78, 5) is 17.5. The SMILES string of the molecule is COc1cc(-c2nc(OC(C)C)nn2C(=O)Cc2ccccc2)cc(OC)c1OC. The topological polar surface area (TPSA) is 84.7 Å². The summed E-state index contributed by atoms with van der Waals surface area (Å²) >= 11 is 0. The van der Waals surface area contributed by atoms with E-state index in [2.05, 4.69) is 10.1 Å². The molecular formula is C22H25N3O5. The van der Waals surface area contributed by atoms with Gasteiger partial charge >= 0.3 is 6.01 Å². The monoisotopic (exact) mass is 411 g/mol. The van der Waals surface area contributed by atoms with Crippen LogP contribution in [0.15, 0.2) is 42.5 Å². The summed E-state index contributed by atoms with van der Waals surface area (Å²) < 4.78 is 23.1. The molecule has 8 nitrogen and oxygen atoms in total. The molecular weight excluding hydrogens is 386 g/mol. The van der Waals surface area contributed by atoms with Crippen molar-refractivity contribution in [3.8, 4) is 34.6 Å². The zero-order valence-electron chi connectivity index (χ0n) is 17.7. The second-order valence-corrected chi connectivity index (χ2v) is 6.77. The zero-order chi connectivity index (χ0) is 21.7. The van der Waals surface area contributed by atoms with Crippen molar-refractivity contribution in [3.05, 3.63) is 48.0 Å². The van der Waals surface area contributed by atoms with E-state index in [4.69, 9.17) is 18.9 Å². The highest BCUT2D eigenvalue weighted by molar-refractivity contribution is 5.84. The summed E-state index contributed by atoms with van der Waals surface area (Å²) in [6, 6.07) is 13.0. The van der Waals surface area contributed by atoms with Crippen LogP contribution in [-0.4, -0.2) is 48.1 Å². The number of carbonyl (C=O) groups excluding carboxylic acids is 1. The lowest BCUT2D eigenvalue weighted by Gasteiger charge is -2.14. The normalized spacial score (nSPS) is 10.7. The Hall–Kier alpha value is -3.55. The van der Waals surface area contributed by atoms with Gasteiger partial charge < -0.3 is 18.9 Å². The summed E-state index contributed by atoms with van der Waals surface area (Å²) in [7, 11) is 4.58. The molecule has 0 N–H and O–H groups in total. The summed E-state index contributed by atoms with van der Waals surface area (Å²) in [6.07, 6.45) is 0.0285. The van der Waals surface area contributed by atoms with Gasteiger partial charge in [-0.25, -0.2) is 0 Å². The van der Waals surface area contributed by atoms with Crippen LogP contribution in [0.4, 0.5) is 0 Å². The molecule has 158 valence electrons. The molecule has 0 unspecified atom stereocenters. The lowest BCUT2D eigenvalue weighted by Crippen LogP contribution is -2.17. The second-order valence-electron chi connectivity index (χ2n) is 6.77. The Bertz CT molecular complexity index is 990. The number of carbonyl (C=O) groups is 1. The Morgan fingerprint density at radius 3 is 2.17 bits per heavy atom. The van der Waals surface area contributed by atoms with Crippen molar-refractivity contribution in [2.75, 3.05) is 21.3 Å². The van der Waals surface area contributed by atoms with Gasteiger partial charge in [-0.05, 0) is 31.5 Å².